The fourth-order valence-corrected chi connectivity index (χ4v) is 2.48. The van der Waals surface area contributed by atoms with E-state index in [2.05, 4.69) is 10.6 Å². The lowest BCUT2D eigenvalue weighted by Crippen LogP contribution is -2.44. The lowest BCUT2D eigenvalue weighted by atomic mass is 10.2. The number of aliphatic hydroxyl groups is 2. The highest BCUT2D eigenvalue weighted by Gasteiger charge is 2.28. The van der Waals surface area contributed by atoms with Crippen molar-refractivity contribution in [2.45, 2.75) is 24.7 Å². The third kappa shape index (κ3) is 4.04. The van der Waals surface area contributed by atoms with Crippen molar-refractivity contribution >= 4 is 5.91 Å². The number of benzene rings is 1. The fourth-order valence-electron chi connectivity index (χ4n) is 2.48. The molecule has 23 heavy (non-hydrogen) atoms. The largest absolute Gasteiger partial charge is 0.491 e. The van der Waals surface area contributed by atoms with Gasteiger partial charge in [-0.1, -0.05) is 0 Å². The molecule has 1 saturated heterocycles. The maximum atomic E-state index is 11.8. The number of carbonyl (C=O) groups excluding carboxylic acids is 1. The van der Waals surface area contributed by atoms with Crippen LogP contribution in [0.15, 0.2) is 18.2 Å². The van der Waals surface area contributed by atoms with Crippen LogP contribution in [0.4, 0.5) is 0 Å². The Morgan fingerprint density at radius 1 is 1.43 bits per heavy atom. The van der Waals surface area contributed by atoms with Gasteiger partial charge in [0, 0.05) is 19.2 Å². The minimum atomic E-state index is -0.837. The number of fused-ring (bicyclic) bond motifs is 1. The highest BCUT2D eigenvalue weighted by molar-refractivity contribution is 5.82. The van der Waals surface area contributed by atoms with Crippen LogP contribution in [0.5, 0.6) is 17.2 Å². The molecule has 1 amide bonds. The summed E-state index contributed by atoms with van der Waals surface area (Å²) in [7, 11) is 0. The first-order valence-corrected chi connectivity index (χ1v) is 7.51. The van der Waals surface area contributed by atoms with E-state index in [1.54, 1.807) is 18.2 Å². The monoisotopic (exact) mass is 324 g/mol. The molecule has 3 atom stereocenters. The van der Waals surface area contributed by atoms with Gasteiger partial charge < -0.3 is 35.1 Å². The smallest absolute Gasteiger partial charge is 0.237 e. The summed E-state index contributed by atoms with van der Waals surface area (Å²) in [6.45, 7) is 0.726. The summed E-state index contributed by atoms with van der Waals surface area (Å²) in [6, 6.07) is 4.75. The van der Waals surface area contributed by atoms with E-state index in [1.807, 2.05) is 0 Å². The van der Waals surface area contributed by atoms with Crippen molar-refractivity contribution in [3.8, 4) is 17.2 Å². The maximum absolute atomic E-state index is 11.8. The third-order valence-electron chi connectivity index (χ3n) is 3.72. The Morgan fingerprint density at radius 3 is 3.04 bits per heavy atom. The summed E-state index contributed by atoms with van der Waals surface area (Å²) in [5.74, 6) is 1.59. The first kappa shape index (κ1) is 15.9. The maximum Gasteiger partial charge on any atom is 0.237 e. The van der Waals surface area contributed by atoms with Gasteiger partial charge in [0.2, 0.25) is 12.7 Å². The summed E-state index contributed by atoms with van der Waals surface area (Å²) in [5, 5.41) is 24.8. The summed E-state index contributed by atoms with van der Waals surface area (Å²) < 4.78 is 15.9. The molecule has 1 aromatic carbocycles. The Kier molecular flexibility index (Phi) is 4.85. The topological polar surface area (TPSA) is 109 Å². The molecule has 2 aliphatic heterocycles. The van der Waals surface area contributed by atoms with E-state index in [-0.39, 0.29) is 25.9 Å². The number of rotatable bonds is 6. The van der Waals surface area contributed by atoms with Crippen molar-refractivity contribution in [1.29, 1.82) is 0 Å². The van der Waals surface area contributed by atoms with Crippen molar-refractivity contribution in [2.75, 3.05) is 26.5 Å². The van der Waals surface area contributed by atoms with Gasteiger partial charge >= 0.3 is 0 Å². The zero-order chi connectivity index (χ0) is 16.2. The molecule has 3 unspecified atom stereocenters. The Labute approximate surface area is 133 Å². The highest BCUT2D eigenvalue weighted by Crippen LogP contribution is 2.35. The Morgan fingerprint density at radius 2 is 2.26 bits per heavy atom. The van der Waals surface area contributed by atoms with Crippen molar-refractivity contribution in [2.24, 2.45) is 0 Å². The van der Waals surface area contributed by atoms with E-state index in [0.29, 0.717) is 30.2 Å². The quantitative estimate of drug-likeness (QED) is 0.531. The van der Waals surface area contributed by atoms with Gasteiger partial charge in [-0.25, -0.2) is 0 Å². The SMILES string of the molecule is O=C(NCC(O)COc1ccc2c(c1)OCO2)C1CC(O)CN1. The Balaban J connectivity index is 1.39. The first-order valence-electron chi connectivity index (χ1n) is 7.51. The first-order chi connectivity index (χ1) is 11.1. The lowest BCUT2D eigenvalue weighted by Gasteiger charge is -2.15. The summed E-state index contributed by atoms with van der Waals surface area (Å²) in [5.41, 5.74) is 0. The molecule has 4 N–H and O–H groups in total. The van der Waals surface area contributed by atoms with Gasteiger partial charge in [0.25, 0.3) is 0 Å². The fraction of sp³-hybridized carbons (Fsp3) is 0.533. The van der Waals surface area contributed by atoms with E-state index < -0.39 is 18.2 Å². The summed E-state index contributed by atoms with van der Waals surface area (Å²) in [6.07, 6.45) is -0.948. The standard InChI is InChI=1S/C15H20N2O6/c18-9-3-12(16-5-9)15(20)17-6-10(19)7-21-11-1-2-13-14(4-11)23-8-22-13/h1-2,4,9-10,12,16,18-19H,3,5-8H2,(H,17,20). The van der Waals surface area contributed by atoms with Crippen LogP contribution in [-0.4, -0.2) is 60.9 Å². The van der Waals surface area contributed by atoms with Crippen LogP contribution in [-0.2, 0) is 4.79 Å². The predicted octanol–water partition coefficient (Wildman–Crippen LogP) is -1.01. The van der Waals surface area contributed by atoms with E-state index in [1.165, 1.54) is 0 Å². The van der Waals surface area contributed by atoms with Gasteiger partial charge in [0.15, 0.2) is 11.5 Å². The molecule has 0 spiro atoms. The highest BCUT2D eigenvalue weighted by atomic mass is 16.7. The van der Waals surface area contributed by atoms with Crippen LogP contribution >= 0.6 is 0 Å². The molecular weight excluding hydrogens is 304 g/mol. The summed E-state index contributed by atoms with van der Waals surface area (Å²) >= 11 is 0. The molecule has 126 valence electrons. The molecule has 0 bridgehead atoms. The van der Waals surface area contributed by atoms with Crippen LogP contribution in [0.3, 0.4) is 0 Å². The molecule has 0 aromatic heterocycles. The molecule has 1 fully saturated rings. The predicted molar refractivity (Wildman–Crippen MR) is 79.5 cm³/mol. The molecule has 2 aliphatic rings. The number of hydrogen-bond acceptors (Lipinski definition) is 7. The van der Waals surface area contributed by atoms with Gasteiger partial charge in [0.05, 0.1) is 12.1 Å². The molecular formula is C15H20N2O6. The number of hydrogen-bond donors (Lipinski definition) is 4. The van der Waals surface area contributed by atoms with Crippen molar-refractivity contribution < 1.29 is 29.2 Å². The van der Waals surface area contributed by atoms with Crippen LogP contribution < -0.4 is 24.8 Å². The normalized spacial score (nSPS) is 23.6. The average Bonchev–Trinajstić information content (AvgIpc) is 3.18. The molecule has 8 heteroatoms. The molecule has 3 rings (SSSR count). The molecule has 1 aromatic rings. The molecule has 8 nitrogen and oxygen atoms in total. The second-order valence-corrected chi connectivity index (χ2v) is 5.58. The second kappa shape index (κ2) is 7.03. The third-order valence-corrected chi connectivity index (χ3v) is 3.72. The number of aliphatic hydroxyl groups excluding tert-OH is 2. The van der Waals surface area contributed by atoms with Crippen molar-refractivity contribution in [1.82, 2.24) is 10.6 Å². The molecule has 0 aliphatic carbocycles. The zero-order valence-electron chi connectivity index (χ0n) is 12.5. The van der Waals surface area contributed by atoms with Gasteiger partial charge in [-0.05, 0) is 18.6 Å². The van der Waals surface area contributed by atoms with E-state index >= 15 is 0 Å². The Hall–Kier alpha value is -2.03. The molecule has 0 radical (unpaired) electrons. The minimum Gasteiger partial charge on any atom is -0.491 e. The van der Waals surface area contributed by atoms with Crippen molar-refractivity contribution in [3.05, 3.63) is 18.2 Å². The second-order valence-electron chi connectivity index (χ2n) is 5.58. The molecule has 2 heterocycles. The minimum absolute atomic E-state index is 0.0423. The van der Waals surface area contributed by atoms with Gasteiger partial charge in [0.1, 0.15) is 18.5 Å². The summed E-state index contributed by atoms with van der Waals surface area (Å²) in [4.78, 5) is 11.8. The number of ether oxygens (including phenoxy) is 3. The van der Waals surface area contributed by atoms with Crippen LogP contribution in [0.2, 0.25) is 0 Å². The average molecular weight is 324 g/mol. The number of β-amino-alcohol motifs (C(OH)–C–C–N with tert-alkyl or cyclic N) is 1. The molecule has 0 saturated carbocycles. The number of amides is 1. The van der Waals surface area contributed by atoms with E-state index in [4.69, 9.17) is 14.2 Å². The number of nitrogens with one attached hydrogen (secondary N) is 2. The zero-order valence-corrected chi connectivity index (χ0v) is 12.5. The van der Waals surface area contributed by atoms with Crippen molar-refractivity contribution in [3.63, 3.8) is 0 Å². The van der Waals surface area contributed by atoms with Crippen LogP contribution in [0.1, 0.15) is 6.42 Å². The van der Waals surface area contributed by atoms with Gasteiger partial charge in [-0.2, -0.15) is 0 Å². The van der Waals surface area contributed by atoms with Crippen LogP contribution in [0.25, 0.3) is 0 Å². The Bertz CT molecular complexity index is 567. The van der Waals surface area contributed by atoms with Gasteiger partial charge in [-0.15, -0.1) is 0 Å². The lowest BCUT2D eigenvalue weighted by molar-refractivity contribution is -0.123. The van der Waals surface area contributed by atoms with E-state index in [0.717, 1.165) is 0 Å². The van der Waals surface area contributed by atoms with E-state index in [9.17, 15) is 15.0 Å². The van der Waals surface area contributed by atoms with Gasteiger partial charge in [-0.3, -0.25) is 4.79 Å². The van der Waals surface area contributed by atoms with Crippen LogP contribution in [0, 0.1) is 0 Å². The number of carbonyl (C=O) groups is 1.